The topological polar surface area (TPSA) is 80.3 Å². The zero-order chi connectivity index (χ0) is 22.3. The van der Waals surface area contributed by atoms with Gasteiger partial charge in [-0.15, -0.1) is 11.3 Å². The van der Waals surface area contributed by atoms with E-state index in [2.05, 4.69) is 15.6 Å². The molecule has 0 aliphatic heterocycles. The minimum absolute atomic E-state index is 0.102. The summed E-state index contributed by atoms with van der Waals surface area (Å²) in [4.78, 5) is 28.8. The lowest BCUT2D eigenvalue weighted by Gasteiger charge is -2.07. The molecule has 2 amide bonds. The van der Waals surface area contributed by atoms with Crippen LogP contribution in [0, 0.1) is 5.82 Å². The average molecular weight is 468 g/mol. The van der Waals surface area contributed by atoms with Crippen LogP contribution in [0.2, 0.25) is 0 Å². The molecule has 1 aromatic heterocycles. The number of anilines is 2. The summed E-state index contributed by atoms with van der Waals surface area (Å²) >= 11 is 2.81. The fraction of sp³-hybridized carbons (Fsp3) is 0.0870. The van der Waals surface area contributed by atoms with Crippen LogP contribution in [-0.2, 0) is 9.59 Å². The molecule has 0 aliphatic rings. The van der Waals surface area contributed by atoms with Crippen molar-refractivity contribution in [3.63, 3.8) is 0 Å². The second-order valence-corrected chi connectivity index (χ2v) is 8.91. The Morgan fingerprint density at radius 2 is 1.69 bits per heavy atom. The summed E-state index contributed by atoms with van der Waals surface area (Å²) in [6.45, 7) is -0.190. The highest BCUT2D eigenvalue weighted by Crippen LogP contribution is 2.31. The van der Waals surface area contributed by atoms with Gasteiger partial charge in [-0.2, -0.15) is 0 Å². The maximum absolute atomic E-state index is 12.9. The Kier molecular flexibility index (Phi) is 6.98. The van der Waals surface area contributed by atoms with Crippen LogP contribution in [0.15, 0.2) is 77.1 Å². The zero-order valence-corrected chi connectivity index (χ0v) is 18.3. The van der Waals surface area contributed by atoms with Crippen LogP contribution in [0.3, 0.4) is 0 Å². The molecule has 0 aliphatic carbocycles. The number of amides is 2. The number of para-hydroxylation sites is 1. The van der Waals surface area contributed by atoms with E-state index in [0.717, 1.165) is 20.2 Å². The van der Waals surface area contributed by atoms with Crippen LogP contribution < -0.4 is 15.4 Å². The largest absolute Gasteiger partial charge is 0.484 e. The monoisotopic (exact) mass is 467 g/mol. The number of nitrogens with one attached hydrogen (secondary N) is 2. The van der Waals surface area contributed by atoms with Gasteiger partial charge in [-0.25, -0.2) is 9.37 Å². The number of thiazole rings is 1. The highest BCUT2D eigenvalue weighted by Gasteiger charge is 2.10. The van der Waals surface area contributed by atoms with Crippen molar-refractivity contribution in [2.75, 3.05) is 23.0 Å². The van der Waals surface area contributed by atoms with Gasteiger partial charge in [-0.05, 0) is 54.6 Å². The minimum Gasteiger partial charge on any atom is -0.484 e. The van der Waals surface area contributed by atoms with Gasteiger partial charge >= 0.3 is 0 Å². The third-order valence-electron chi connectivity index (χ3n) is 4.22. The lowest BCUT2D eigenvalue weighted by Crippen LogP contribution is -2.20. The predicted octanol–water partition coefficient (Wildman–Crippen LogP) is 5.18. The maximum atomic E-state index is 12.9. The minimum atomic E-state index is -0.367. The fourth-order valence-corrected chi connectivity index (χ4v) is 4.67. The molecular formula is C23H18FN3O3S2. The summed E-state index contributed by atoms with van der Waals surface area (Å²) < 4.78 is 19.9. The first-order valence-corrected chi connectivity index (χ1v) is 11.4. The van der Waals surface area contributed by atoms with Gasteiger partial charge in [0.1, 0.15) is 11.6 Å². The van der Waals surface area contributed by atoms with Crippen molar-refractivity contribution in [1.29, 1.82) is 0 Å². The first kappa shape index (κ1) is 21.8. The molecule has 4 rings (SSSR count). The zero-order valence-electron chi connectivity index (χ0n) is 16.7. The summed E-state index contributed by atoms with van der Waals surface area (Å²) in [6, 6.07) is 20.2. The number of benzene rings is 3. The van der Waals surface area contributed by atoms with Crippen molar-refractivity contribution in [2.45, 2.75) is 4.34 Å². The molecule has 2 N–H and O–H groups in total. The average Bonchev–Trinajstić information content (AvgIpc) is 3.20. The molecule has 0 fully saturated rings. The third kappa shape index (κ3) is 6.05. The third-order valence-corrected chi connectivity index (χ3v) is 6.38. The van der Waals surface area contributed by atoms with E-state index in [1.54, 1.807) is 6.07 Å². The van der Waals surface area contributed by atoms with Crippen molar-refractivity contribution >= 4 is 56.5 Å². The van der Waals surface area contributed by atoms with Gasteiger partial charge in [0.05, 0.1) is 16.0 Å². The van der Waals surface area contributed by atoms with Gasteiger partial charge in [0, 0.05) is 11.4 Å². The number of hydrogen-bond acceptors (Lipinski definition) is 6. The maximum Gasteiger partial charge on any atom is 0.262 e. The highest BCUT2D eigenvalue weighted by molar-refractivity contribution is 8.01. The van der Waals surface area contributed by atoms with Crippen LogP contribution in [0.4, 0.5) is 15.8 Å². The van der Waals surface area contributed by atoms with E-state index in [4.69, 9.17) is 4.74 Å². The van der Waals surface area contributed by atoms with E-state index in [0.29, 0.717) is 11.4 Å². The van der Waals surface area contributed by atoms with Crippen molar-refractivity contribution in [3.8, 4) is 5.75 Å². The van der Waals surface area contributed by atoms with E-state index in [-0.39, 0.29) is 30.0 Å². The molecule has 0 saturated carbocycles. The number of halogens is 1. The standard InChI is InChI=1S/C23H18FN3O3S2/c24-15-6-9-18(10-7-15)30-13-21(28)26-17-8-11-19-20(12-17)32-23(27-19)31-14-22(29)25-16-4-2-1-3-5-16/h1-12H,13-14H2,(H,25,29)(H,26,28). The number of hydrogen-bond donors (Lipinski definition) is 2. The summed E-state index contributed by atoms with van der Waals surface area (Å²) in [5.74, 6) is -0.134. The molecule has 4 aromatic rings. The normalized spacial score (nSPS) is 10.7. The van der Waals surface area contributed by atoms with Gasteiger partial charge in [0.15, 0.2) is 10.9 Å². The van der Waals surface area contributed by atoms with E-state index >= 15 is 0 Å². The first-order chi connectivity index (χ1) is 15.5. The molecule has 3 aromatic carbocycles. The summed E-state index contributed by atoms with van der Waals surface area (Å²) in [7, 11) is 0. The highest BCUT2D eigenvalue weighted by atomic mass is 32.2. The number of ether oxygens (including phenoxy) is 1. The Labute approximate surface area is 191 Å². The Hall–Kier alpha value is -3.43. The van der Waals surface area contributed by atoms with E-state index in [1.807, 2.05) is 42.5 Å². The number of rotatable bonds is 8. The summed E-state index contributed by atoms with van der Waals surface area (Å²) in [5, 5.41) is 5.61. The Morgan fingerprint density at radius 3 is 2.47 bits per heavy atom. The van der Waals surface area contributed by atoms with E-state index < -0.39 is 0 Å². The van der Waals surface area contributed by atoms with Crippen LogP contribution in [0.25, 0.3) is 10.2 Å². The molecule has 0 atom stereocenters. The van der Waals surface area contributed by atoms with Gasteiger partial charge < -0.3 is 15.4 Å². The molecule has 0 radical (unpaired) electrons. The van der Waals surface area contributed by atoms with Gasteiger partial charge in [-0.3, -0.25) is 9.59 Å². The second kappa shape index (κ2) is 10.3. The predicted molar refractivity (Wildman–Crippen MR) is 126 cm³/mol. The molecule has 6 nitrogen and oxygen atoms in total. The van der Waals surface area contributed by atoms with E-state index in [1.165, 1.54) is 47.4 Å². The van der Waals surface area contributed by atoms with Crippen molar-refractivity contribution < 1.29 is 18.7 Å². The van der Waals surface area contributed by atoms with Gasteiger partial charge in [0.2, 0.25) is 5.91 Å². The Balaban J connectivity index is 1.30. The number of carbonyl (C=O) groups is 2. The molecule has 32 heavy (non-hydrogen) atoms. The number of fused-ring (bicyclic) bond motifs is 1. The molecule has 0 unspecified atom stereocenters. The number of nitrogens with zero attached hydrogens (tertiary/aromatic N) is 1. The summed E-state index contributed by atoms with van der Waals surface area (Å²) in [6.07, 6.45) is 0. The molecule has 0 bridgehead atoms. The smallest absolute Gasteiger partial charge is 0.262 e. The number of carbonyl (C=O) groups excluding carboxylic acids is 2. The molecule has 1 heterocycles. The lowest BCUT2D eigenvalue weighted by molar-refractivity contribution is -0.118. The molecule has 0 saturated heterocycles. The summed E-state index contributed by atoms with van der Waals surface area (Å²) in [5.41, 5.74) is 2.17. The van der Waals surface area contributed by atoms with Crippen molar-refractivity contribution in [2.24, 2.45) is 0 Å². The van der Waals surface area contributed by atoms with Crippen LogP contribution >= 0.6 is 23.1 Å². The first-order valence-electron chi connectivity index (χ1n) is 9.62. The molecule has 0 spiro atoms. The second-order valence-electron chi connectivity index (χ2n) is 6.66. The van der Waals surface area contributed by atoms with Crippen molar-refractivity contribution in [1.82, 2.24) is 4.98 Å². The molecule has 9 heteroatoms. The molecular weight excluding hydrogens is 449 g/mol. The van der Waals surface area contributed by atoms with Crippen molar-refractivity contribution in [3.05, 3.63) is 78.6 Å². The van der Waals surface area contributed by atoms with Crippen LogP contribution in [0.1, 0.15) is 0 Å². The SMILES string of the molecule is O=C(COc1ccc(F)cc1)Nc1ccc2nc(SCC(=O)Nc3ccccc3)sc2c1. The fourth-order valence-electron chi connectivity index (χ4n) is 2.77. The number of aromatic nitrogens is 1. The van der Waals surface area contributed by atoms with Gasteiger partial charge in [0.25, 0.3) is 5.91 Å². The van der Waals surface area contributed by atoms with Crippen LogP contribution in [-0.4, -0.2) is 29.2 Å². The lowest BCUT2D eigenvalue weighted by atomic mass is 10.3. The van der Waals surface area contributed by atoms with E-state index in [9.17, 15) is 14.0 Å². The van der Waals surface area contributed by atoms with Gasteiger partial charge in [-0.1, -0.05) is 30.0 Å². The quantitative estimate of drug-likeness (QED) is 0.349. The Bertz CT molecular complexity index is 1230. The number of thioether (sulfide) groups is 1. The van der Waals surface area contributed by atoms with Crippen LogP contribution in [0.5, 0.6) is 5.75 Å². The molecule has 162 valence electrons. The Morgan fingerprint density at radius 1 is 0.938 bits per heavy atom.